The van der Waals surface area contributed by atoms with E-state index in [1.807, 2.05) is 30.3 Å². The predicted molar refractivity (Wildman–Crippen MR) is 115 cm³/mol. The summed E-state index contributed by atoms with van der Waals surface area (Å²) >= 11 is 0. The number of benzene rings is 3. The van der Waals surface area contributed by atoms with Crippen LogP contribution in [0.5, 0.6) is 11.5 Å². The fourth-order valence-corrected chi connectivity index (χ4v) is 3.69. The highest BCUT2D eigenvalue weighted by molar-refractivity contribution is 5.87. The molecule has 0 saturated carbocycles. The molecule has 0 amide bonds. The summed E-state index contributed by atoms with van der Waals surface area (Å²) in [5, 5.41) is 19.5. The first-order chi connectivity index (χ1) is 13.6. The number of aromatic hydroxyl groups is 2. The molecule has 0 radical (unpaired) electrons. The fraction of sp³-hybridized carbons (Fsp3) is 0.120. The van der Waals surface area contributed by atoms with Crippen molar-refractivity contribution < 1.29 is 10.2 Å². The molecule has 4 rings (SSSR count). The molecule has 1 aliphatic rings. The standard InChI is InChI=1S/C25H23NO2/c1-18-6-2-3-7-23(18)24-8-4-5-9-25(24)26(19-10-14-21(27)15-11-19)20-12-16-22(28)17-13-20/h2,4-6,8-17,27-28H,3,7H2,1H3. The lowest BCUT2D eigenvalue weighted by Gasteiger charge is -2.29. The number of rotatable bonds is 4. The lowest BCUT2D eigenvalue weighted by molar-refractivity contribution is 0.475. The van der Waals surface area contributed by atoms with Gasteiger partial charge in [0.25, 0.3) is 0 Å². The average molecular weight is 369 g/mol. The Hall–Kier alpha value is -3.46. The lowest BCUT2D eigenvalue weighted by Crippen LogP contribution is -2.12. The van der Waals surface area contributed by atoms with Gasteiger partial charge in [-0.3, -0.25) is 0 Å². The number of anilines is 3. The van der Waals surface area contributed by atoms with Gasteiger partial charge in [0.15, 0.2) is 0 Å². The highest BCUT2D eigenvalue weighted by atomic mass is 16.3. The summed E-state index contributed by atoms with van der Waals surface area (Å²) in [6.07, 6.45) is 6.47. The maximum atomic E-state index is 9.74. The second-order valence-electron chi connectivity index (χ2n) is 6.99. The van der Waals surface area contributed by atoms with Crippen LogP contribution in [0.1, 0.15) is 25.3 Å². The minimum atomic E-state index is 0.235. The zero-order valence-electron chi connectivity index (χ0n) is 15.8. The Morgan fingerprint density at radius 2 is 1.32 bits per heavy atom. The molecule has 0 bridgehead atoms. The molecule has 28 heavy (non-hydrogen) atoms. The van der Waals surface area contributed by atoms with E-state index >= 15 is 0 Å². The van der Waals surface area contributed by atoms with Crippen LogP contribution in [-0.4, -0.2) is 10.2 Å². The van der Waals surface area contributed by atoms with E-state index in [0.717, 1.165) is 29.9 Å². The number of hydrogen-bond acceptors (Lipinski definition) is 3. The molecule has 140 valence electrons. The fourth-order valence-electron chi connectivity index (χ4n) is 3.69. The molecule has 0 atom stereocenters. The van der Waals surface area contributed by atoms with Crippen LogP contribution in [-0.2, 0) is 0 Å². The Bertz CT molecular complexity index is 985. The number of para-hydroxylation sites is 1. The number of phenolic OH excluding ortho intramolecular Hbond substituents is 2. The van der Waals surface area contributed by atoms with E-state index in [1.54, 1.807) is 24.3 Å². The quantitative estimate of drug-likeness (QED) is 0.538. The van der Waals surface area contributed by atoms with Crippen molar-refractivity contribution in [2.45, 2.75) is 19.8 Å². The lowest BCUT2D eigenvalue weighted by atomic mass is 9.91. The van der Waals surface area contributed by atoms with Crippen molar-refractivity contribution in [1.82, 2.24) is 0 Å². The number of phenols is 2. The van der Waals surface area contributed by atoms with Gasteiger partial charge < -0.3 is 15.1 Å². The first kappa shape index (κ1) is 17.9. The first-order valence-corrected chi connectivity index (χ1v) is 9.47. The third-order valence-electron chi connectivity index (χ3n) is 5.09. The predicted octanol–water partition coefficient (Wildman–Crippen LogP) is 6.69. The highest BCUT2D eigenvalue weighted by Gasteiger charge is 2.19. The third kappa shape index (κ3) is 3.52. The van der Waals surface area contributed by atoms with Gasteiger partial charge in [0, 0.05) is 16.9 Å². The maximum absolute atomic E-state index is 9.74. The number of hydrogen-bond donors (Lipinski definition) is 2. The summed E-state index contributed by atoms with van der Waals surface area (Å²) in [7, 11) is 0. The van der Waals surface area contributed by atoms with E-state index in [4.69, 9.17) is 0 Å². The van der Waals surface area contributed by atoms with E-state index in [-0.39, 0.29) is 11.5 Å². The molecule has 0 aliphatic heterocycles. The van der Waals surface area contributed by atoms with Crippen molar-refractivity contribution >= 4 is 22.6 Å². The van der Waals surface area contributed by atoms with Crippen LogP contribution in [0, 0.1) is 0 Å². The van der Waals surface area contributed by atoms with E-state index < -0.39 is 0 Å². The van der Waals surface area contributed by atoms with E-state index in [1.165, 1.54) is 16.7 Å². The molecule has 3 aromatic carbocycles. The molecule has 0 fully saturated rings. The van der Waals surface area contributed by atoms with Gasteiger partial charge in [-0.1, -0.05) is 30.4 Å². The molecule has 3 nitrogen and oxygen atoms in total. The number of allylic oxidation sites excluding steroid dienone is 4. The van der Waals surface area contributed by atoms with Crippen LogP contribution < -0.4 is 4.90 Å². The van der Waals surface area contributed by atoms with Crippen molar-refractivity contribution in [2.75, 3.05) is 4.90 Å². The maximum Gasteiger partial charge on any atom is 0.115 e. The molecule has 0 spiro atoms. The van der Waals surface area contributed by atoms with E-state index in [2.05, 4.69) is 42.2 Å². The summed E-state index contributed by atoms with van der Waals surface area (Å²) in [6, 6.07) is 22.8. The highest BCUT2D eigenvalue weighted by Crippen LogP contribution is 2.42. The van der Waals surface area contributed by atoms with Gasteiger partial charge in [-0.2, -0.15) is 0 Å². The van der Waals surface area contributed by atoms with Crippen molar-refractivity contribution in [3.05, 3.63) is 96.1 Å². The zero-order chi connectivity index (χ0) is 19.5. The van der Waals surface area contributed by atoms with Gasteiger partial charge in [0.2, 0.25) is 0 Å². The van der Waals surface area contributed by atoms with Gasteiger partial charge in [0.05, 0.1) is 5.69 Å². The second-order valence-corrected chi connectivity index (χ2v) is 6.99. The largest absolute Gasteiger partial charge is 0.508 e. The summed E-state index contributed by atoms with van der Waals surface area (Å²) in [6.45, 7) is 2.16. The summed E-state index contributed by atoms with van der Waals surface area (Å²) in [4.78, 5) is 2.16. The minimum absolute atomic E-state index is 0.235. The monoisotopic (exact) mass is 369 g/mol. The van der Waals surface area contributed by atoms with Crippen molar-refractivity contribution in [1.29, 1.82) is 0 Å². The van der Waals surface area contributed by atoms with Crippen LogP contribution in [0.15, 0.2) is 90.5 Å². The van der Waals surface area contributed by atoms with Crippen molar-refractivity contribution in [3.63, 3.8) is 0 Å². The topological polar surface area (TPSA) is 43.7 Å². The molecular formula is C25H23NO2. The van der Waals surface area contributed by atoms with Gasteiger partial charge in [0.1, 0.15) is 11.5 Å². The molecule has 2 N–H and O–H groups in total. The first-order valence-electron chi connectivity index (χ1n) is 9.47. The Morgan fingerprint density at radius 1 is 0.750 bits per heavy atom. The van der Waals surface area contributed by atoms with Crippen LogP contribution >= 0.6 is 0 Å². The molecular weight excluding hydrogens is 346 g/mol. The second kappa shape index (κ2) is 7.65. The van der Waals surface area contributed by atoms with Crippen LogP contribution in [0.3, 0.4) is 0 Å². The number of nitrogens with zero attached hydrogens (tertiary/aromatic N) is 1. The van der Waals surface area contributed by atoms with Crippen LogP contribution in [0.4, 0.5) is 17.1 Å². The molecule has 0 saturated heterocycles. The molecule has 3 heteroatoms. The van der Waals surface area contributed by atoms with Crippen LogP contribution in [0.25, 0.3) is 5.57 Å². The van der Waals surface area contributed by atoms with Gasteiger partial charge in [-0.15, -0.1) is 0 Å². The SMILES string of the molecule is CC1=C(c2ccccc2N(c2ccc(O)cc2)c2ccc(O)cc2)CCC=C1. The normalized spacial score (nSPS) is 13.6. The Kier molecular flexibility index (Phi) is 4.90. The molecule has 0 aromatic heterocycles. The Balaban J connectivity index is 1.92. The molecule has 3 aromatic rings. The smallest absolute Gasteiger partial charge is 0.115 e. The Morgan fingerprint density at radius 3 is 1.89 bits per heavy atom. The van der Waals surface area contributed by atoms with E-state index in [9.17, 15) is 10.2 Å². The molecule has 1 aliphatic carbocycles. The van der Waals surface area contributed by atoms with Crippen molar-refractivity contribution in [2.24, 2.45) is 0 Å². The minimum Gasteiger partial charge on any atom is -0.508 e. The summed E-state index contributed by atoms with van der Waals surface area (Å²) in [5.74, 6) is 0.470. The van der Waals surface area contributed by atoms with Gasteiger partial charge >= 0.3 is 0 Å². The Labute approximate surface area is 165 Å². The van der Waals surface area contributed by atoms with Gasteiger partial charge in [-0.05, 0) is 85.5 Å². The zero-order valence-corrected chi connectivity index (χ0v) is 15.8. The molecule has 0 unspecified atom stereocenters. The molecule has 0 heterocycles. The average Bonchev–Trinajstić information content (AvgIpc) is 2.72. The van der Waals surface area contributed by atoms with Crippen molar-refractivity contribution in [3.8, 4) is 11.5 Å². The van der Waals surface area contributed by atoms with E-state index in [0.29, 0.717) is 0 Å². The summed E-state index contributed by atoms with van der Waals surface area (Å²) < 4.78 is 0. The third-order valence-corrected chi connectivity index (χ3v) is 5.09. The van der Waals surface area contributed by atoms with Gasteiger partial charge in [-0.25, -0.2) is 0 Å². The summed E-state index contributed by atoms with van der Waals surface area (Å²) in [5.41, 5.74) is 6.80. The van der Waals surface area contributed by atoms with Crippen LogP contribution in [0.2, 0.25) is 0 Å².